The zero-order chi connectivity index (χ0) is 11.4. The molecule has 0 bridgehead atoms. The lowest BCUT2D eigenvalue weighted by atomic mass is 10.3. The number of hydrogen-bond acceptors (Lipinski definition) is 4. The molecule has 0 aromatic heterocycles. The van der Waals surface area contributed by atoms with E-state index in [2.05, 4.69) is 4.84 Å². The highest BCUT2D eigenvalue weighted by molar-refractivity contribution is 5.83. The van der Waals surface area contributed by atoms with Crippen LogP contribution >= 0.6 is 0 Å². The van der Waals surface area contributed by atoms with Crippen LogP contribution in [0.5, 0.6) is 0 Å². The molecule has 1 amide bonds. The monoisotopic (exact) mass is 212 g/mol. The Hall–Kier alpha value is -2.15. The summed E-state index contributed by atoms with van der Waals surface area (Å²) in [6.45, 7) is 0. The van der Waals surface area contributed by atoms with E-state index in [1.165, 1.54) is 31.4 Å². The van der Waals surface area contributed by atoms with Crippen LogP contribution in [-0.2, 0) is 4.84 Å². The maximum absolute atomic E-state index is 10.6. The Bertz CT molecular complexity index is 375. The molecule has 1 aromatic carbocycles. The molecule has 0 aliphatic heterocycles. The number of hydrogen-bond donors (Lipinski definition) is 1. The summed E-state index contributed by atoms with van der Waals surface area (Å²) in [5.41, 5.74) is 0.0933. The molecule has 0 atom stereocenters. The van der Waals surface area contributed by atoms with Crippen LogP contribution in [0.25, 0.3) is 0 Å². The van der Waals surface area contributed by atoms with Crippen molar-refractivity contribution in [3.05, 3.63) is 34.4 Å². The molecule has 80 valence electrons. The van der Waals surface area contributed by atoms with Crippen molar-refractivity contribution in [3.63, 3.8) is 0 Å². The number of nitro groups is 1. The predicted octanol–water partition coefficient (Wildman–Crippen LogP) is 1.64. The smallest absolute Gasteiger partial charge is 0.436 e. The van der Waals surface area contributed by atoms with Gasteiger partial charge < -0.3 is 5.11 Å². The van der Waals surface area contributed by atoms with E-state index in [0.717, 1.165) is 0 Å². The Labute approximate surface area is 84.6 Å². The number of carbonyl (C=O) groups is 1. The lowest BCUT2D eigenvalue weighted by Gasteiger charge is -2.14. The molecule has 0 heterocycles. The predicted molar refractivity (Wildman–Crippen MR) is 50.6 cm³/mol. The van der Waals surface area contributed by atoms with Gasteiger partial charge >= 0.3 is 6.09 Å². The molecule has 0 aliphatic rings. The molecule has 1 aromatic rings. The number of carboxylic acid groups (broad SMARTS) is 1. The zero-order valence-electron chi connectivity index (χ0n) is 7.78. The average Bonchev–Trinajstić information content (AvgIpc) is 2.19. The first-order chi connectivity index (χ1) is 7.06. The van der Waals surface area contributed by atoms with Crippen molar-refractivity contribution < 1.29 is 19.7 Å². The number of nitro benzene ring substituents is 1. The van der Waals surface area contributed by atoms with E-state index in [1.54, 1.807) is 0 Å². The van der Waals surface area contributed by atoms with Gasteiger partial charge in [-0.15, -0.1) is 0 Å². The van der Waals surface area contributed by atoms with Gasteiger partial charge in [0.25, 0.3) is 5.69 Å². The Morgan fingerprint density at radius 3 is 2.33 bits per heavy atom. The van der Waals surface area contributed by atoms with Crippen molar-refractivity contribution in [2.45, 2.75) is 0 Å². The molecule has 0 saturated carbocycles. The summed E-state index contributed by atoms with van der Waals surface area (Å²) < 4.78 is 0. The van der Waals surface area contributed by atoms with E-state index in [0.29, 0.717) is 5.06 Å². The first-order valence-electron chi connectivity index (χ1n) is 3.88. The van der Waals surface area contributed by atoms with Crippen molar-refractivity contribution in [2.24, 2.45) is 0 Å². The maximum atomic E-state index is 10.6. The second-order valence-corrected chi connectivity index (χ2v) is 2.53. The summed E-state index contributed by atoms with van der Waals surface area (Å²) in [5.74, 6) is 0. The van der Waals surface area contributed by atoms with Gasteiger partial charge in [0.05, 0.1) is 17.7 Å². The minimum Gasteiger partial charge on any atom is -0.463 e. The molecule has 0 spiro atoms. The summed E-state index contributed by atoms with van der Waals surface area (Å²) in [5, 5.41) is 19.6. The summed E-state index contributed by atoms with van der Waals surface area (Å²) in [6.07, 6.45) is -1.30. The Morgan fingerprint density at radius 2 is 2.00 bits per heavy atom. The number of nitrogens with zero attached hydrogens (tertiary/aromatic N) is 2. The quantitative estimate of drug-likeness (QED) is 0.607. The molecule has 0 unspecified atom stereocenters. The zero-order valence-corrected chi connectivity index (χ0v) is 7.78. The summed E-state index contributed by atoms with van der Waals surface area (Å²) in [6, 6.07) is 4.97. The SMILES string of the molecule is CON(C(=O)O)c1ccc([N+](=O)[O-])cc1. The van der Waals surface area contributed by atoms with Crippen molar-refractivity contribution in [2.75, 3.05) is 12.2 Å². The minimum atomic E-state index is -1.30. The lowest BCUT2D eigenvalue weighted by molar-refractivity contribution is -0.384. The van der Waals surface area contributed by atoms with Gasteiger partial charge in [0.1, 0.15) is 0 Å². The van der Waals surface area contributed by atoms with Crippen LogP contribution in [0.3, 0.4) is 0 Å². The Balaban J connectivity index is 2.97. The van der Waals surface area contributed by atoms with E-state index in [4.69, 9.17) is 5.11 Å². The molecule has 0 fully saturated rings. The van der Waals surface area contributed by atoms with Gasteiger partial charge in [-0.2, -0.15) is 5.06 Å². The third kappa shape index (κ3) is 2.41. The van der Waals surface area contributed by atoms with E-state index >= 15 is 0 Å². The van der Waals surface area contributed by atoms with E-state index < -0.39 is 11.0 Å². The fraction of sp³-hybridized carbons (Fsp3) is 0.125. The highest BCUT2D eigenvalue weighted by atomic mass is 16.7. The number of anilines is 1. The molecule has 15 heavy (non-hydrogen) atoms. The van der Waals surface area contributed by atoms with E-state index in [9.17, 15) is 14.9 Å². The fourth-order valence-electron chi connectivity index (χ4n) is 1.00. The van der Waals surface area contributed by atoms with Crippen LogP contribution in [0.1, 0.15) is 0 Å². The summed E-state index contributed by atoms with van der Waals surface area (Å²) in [7, 11) is 1.19. The molecular weight excluding hydrogens is 204 g/mol. The van der Waals surface area contributed by atoms with Crippen molar-refractivity contribution in [3.8, 4) is 0 Å². The van der Waals surface area contributed by atoms with E-state index in [1.807, 2.05) is 0 Å². The van der Waals surface area contributed by atoms with Crippen molar-refractivity contribution in [1.29, 1.82) is 0 Å². The topological polar surface area (TPSA) is 92.9 Å². The second kappa shape index (κ2) is 4.38. The van der Waals surface area contributed by atoms with Crippen molar-refractivity contribution in [1.82, 2.24) is 0 Å². The van der Waals surface area contributed by atoms with Crippen LogP contribution in [0.15, 0.2) is 24.3 Å². The first kappa shape index (κ1) is 10.9. The van der Waals surface area contributed by atoms with Crippen molar-refractivity contribution >= 4 is 17.5 Å². The highest BCUT2D eigenvalue weighted by Crippen LogP contribution is 2.19. The lowest BCUT2D eigenvalue weighted by Crippen LogP contribution is -2.27. The van der Waals surface area contributed by atoms with E-state index in [-0.39, 0.29) is 11.4 Å². The van der Waals surface area contributed by atoms with Gasteiger partial charge in [0, 0.05) is 12.1 Å². The number of benzene rings is 1. The Kier molecular flexibility index (Phi) is 3.19. The number of amides is 1. The maximum Gasteiger partial charge on any atom is 0.436 e. The normalized spacial score (nSPS) is 9.67. The van der Waals surface area contributed by atoms with Crippen LogP contribution < -0.4 is 5.06 Å². The molecule has 1 N–H and O–H groups in total. The fourth-order valence-corrected chi connectivity index (χ4v) is 1.00. The molecule has 0 radical (unpaired) electrons. The Morgan fingerprint density at radius 1 is 1.47 bits per heavy atom. The van der Waals surface area contributed by atoms with Gasteiger partial charge in [-0.05, 0) is 12.1 Å². The molecular formula is C8H8N2O5. The molecule has 7 heteroatoms. The van der Waals surface area contributed by atoms with Crippen LogP contribution in [0, 0.1) is 10.1 Å². The largest absolute Gasteiger partial charge is 0.463 e. The number of hydroxylamine groups is 1. The number of rotatable bonds is 3. The third-order valence-electron chi connectivity index (χ3n) is 1.65. The van der Waals surface area contributed by atoms with Gasteiger partial charge in [-0.25, -0.2) is 4.79 Å². The first-order valence-corrected chi connectivity index (χ1v) is 3.88. The van der Waals surface area contributed by atoms with Crippen LogP contribution in [0.4, 0.5) is 16.2 Å². The molecule has 0 saturated heterocycles. The summed E-state index contributed by atoms with van der Waals surface area (Å²) in [4.78, 5) is 24.9. The van der Waals surface area contributed by atoms with Crippen LogP contribution in [0.2, 0.25) is 0 Å². The van der Waals surface area contributed by atoms with Gasteiger partial charge in [0.15, 0.2) is 0 Å². The minimum absolute atomic E-state index is 0.111. The second-order valence-electron chi connectivity index (χ2n) is 2.53. The molecule has 1 rings (SSSR count). The van der Waals surface area contributed by atoms with Gasteiger partial charge in [-0.1, -0.05) is 0 Å². The average molecular weight is 212 g/mol. The third-order valence-corrected chi connectivity index (χ3v) is 1.65. The van der Waals surface area contributed by atoms with Gasteiger partial charge in [0.2, 0.25) is 0 Å². The van der Waals surface area contributed by atoms with Crippen LogP contribution in [-0.4, -0.2) is 23.2 Å². The molecule has 0 aliphatic carbocycles. The summed E-state index contributed by atoms with van der Waals surface area (Å²) >= 11 is 0. The molecule has 7 nitrogen and oxygen atoms in total. The van der Waals surface area contributed by atoms with Gasteiger partial charge in [-0.3, -0.25) is 15.0 Å². The standard InChI is InChI=1S/C8H8N2O5/c1-15-9(8(11)12)6-2-4-7(5-3-6)10(13)14/h2-5H,1H3,(H,11,12). The highest BCUT2D eigenvalue weighted by Gasteiger charge is 2.14. The number of non-ortho nitro benzene ring substituents is 1.